The zero-order chi connectivity index (χ0) is 16.5. The van der Waals surface area contributed by atoms with Gasteiger partial charge in [0.25, 0.3) is 5.91 Å². The van der Waals surface area contributed by atoms with Crippen molar-refractivity contribution in [2.24, 2.45) is 0 Å². The molecule has 7 nitrogen and oxygen atoms in total. The molecule has 0 saturated carbocycles. The van der Waals surface area contributed by atoms with E-state index in [1.165, 1.54) is 0 Å². The van der Waals surface area contributed by atoms with Gasteiger partial charge in [0.05, 0.1) is 5.69 Å². The third kappa shape index (κ3) is 5.54. The van der Waals surface area contributed by atoms with Gasteiger partial charge in [0.2, 0.25) is 0 Å². The molecule has 0 unspecified atom stereocenters. The number of hydrogen-bond acceptors (Lipinski definition) is 5. The molecular weight excluding hydrogens is 314 g/mol. The first-order valence-corrected chi connectivity index (χ1v) is 6.85. The molecule has 0 aliphatic carbocycles. The van der Waals surface area contributed by atoms with Crippen LogP contribution >= 0.6 is 0 Å². The monoisotopic (exact) mass is 331 g/mol. The first-order valence-electron chi connectivity index (χ1n) is 6.85. The minimum atomic E-state index is -0.146. The zero-order valence-electron chi connectivity index (χ0n) is 12.7. The van der Waals surface area contributed by atoms with E-state index in [2.05, 4.69) is 5.32 Å². The van der Waals surface area contributed by atoms with Crippen LogP contribution in [0.5, 0.6) is 11.5 Å². The van der Waals surface area contributed by atoms with Crippen molar-refractivity contribution in [3.63, 3.8) is 0 Å². The molecule has 0 radical (unpaired) electrons. The van der Waals surface area contributed by atoms with E-state index in [-0.39, 0.29) is 30.6 Å². The molecule has 0 bridgehead atoms. The third-order valence-corrected chi connectivity index (χ3v) is 2.89. The molecule has 126 valence electrons. The van der Waals surface area contributed by atoms with Crippen molar-refractivity contribution in [3.8, 4) is 11.5 Å². The summed E-state index contributed by atoms with van der Waals surface area (Å²) in [7, 11) is 0. The molecule has 1 heterocycles. The van der Waals surface area contributed by atoms with Crippen LogP contribution in [0.4, 0.5) is 5.69 Å². The van der Waals surface area contributed by atoms with Gasteiger partial charge in [-0.15, -0.1) is 0 Å². The molecule has 3 rings (SSSR count). The lowest BCUT2D eigenvalue weighted by Gasteiger charge is -2.18. The first kappa shape index (κ1) is 18.9. The number of aldehydes is 2. The van der Waals surface area contributed by atoms with Crippen LogP contribution in [0.1, 0.15) is 5.56 Å². The second kappa shape index (κ2) is 9.75. The quantitative estimate of drug-likeness (QED) is 0.667. The summed E-state index contributed by atoms with van der Waals surface area (Å²) >= 11 is 0. The number of amides is 1. The number of nitrogens with one attached hydrogen (secondary N) is 1. The minimum Gasteiger partial charge on any atom is -0.489 e. The summed E-state index contributed by atoms with van der Waals surface area (Å²) in [5.74, 6) is 1.23. The zero-order valence-corrected chi connectivity index (χ0v) is 12.7. The van der Waals surface area contributed by atoms with Gasteiger partial charge < -0.3 is 20.3 Å². The van der Waals surface area contributed by atoms with Gasteiger partial charge in [-0.25, -0.2) is 0 Å². The van der Waals surface area contributed by atoms with Crippen molar-refractivity contribution < 1.29 is 29.3 Å². The molecule has 2 aromatic rings. The van der Waals surface area contributed by atoms with Crippen molar-refractivity contribution in [1.82, 2.24) is 0 Å². The van der Waals surface area contributed by atoms with Crippen molar-refractivity contribution in [2.45, 2.75) is 6.61 Å². The Balaban J connectivity index is 0.000000522. The van der Waals surface area contributed by atoms with E-state index in [9.17, 15) is 4.79 Å². The lowest BCUT2D eigenvalue weighted by molar-refractivity contribution is -0.122. The summed E-state index contributed by atoms with van der Waals surface area (Å²) in [6.45, 7) is 0.561. The highest BCUT2D eigenvalue weighted by Crippen LogP contribution is 2.31. The Morgan fingerprint density at radius 2 is 1.79 bits per heavy atom. The van der Waals surface area contributed by atoms with E-state index >= 15 is 0 Å². The van der Waals surface area contributed by atoms with Crippen molar-refractivity contribution >= 4 is 24.2 Å². The van der Waals surface area contributed by atoms with E-state index in [0.29, 0.717) is 23.8 Å². The molecule has 0 saturated heterocycles. The van der Waals surface area contributed by atoms with E-state index in [1.54, 1.807) is 12.1 Å². The number of rotatable bonds is 4. The van der Waals surface area contributed by atoms with Crippen LogP contribution in [-0.2, 0) is 21.0 Å². The highest BCUT2D eigenvalue weighted by Gasteiger charge is 2.16. The van der Waals surface area contributed by atoms with Crippen LogP contribution in [0.15, 0.2) is 48.5 Å². The average Bonchev–Trinajstić information content (AvgIpc) is 2.60. The van der Waals surface area contributed by atoms with Crippen molar-refractivity contribution in [2.75, 3.05) is 11.9 Å². The Labute approximate surface area is 138 Å². The van der Waals surface area contributed by atoms with Crippen LogP contribution < -0.4 is 14.8 Å². The highest BCUT2D eigenvalue weighted by atomic mass is 16.5. The SMILES string of the molecule is O.O=C1COc2ccc(OCc3ccccc3)cc2N1.O=CC=O. The predicted octanol–water partition coefficient (Wildman–Crippen LogP) is 1.16. The molecule has 3 N–H and O–H groups in total. The van der Waals surface area contributed by atoms with Gasteiger partial charge in [-0.1, -0.05) is 30.3 Å². The van der Waals surface area contributed by atoms with Gasteiger partial charge in [-0.3, -0.25) is 14.4 Å². The molecule has 0 atom stereocenters. The fourth-order valence-electron chi connectivity index (χ4n) is 1.89. The number of carbonyl (C=O) groups is 3. The third-order valence-electron chi connectivity index (χ3n) is 2.89. The molecule has 24 heavy (non-hydrogen) atoms. The van der Waals surface area contributed by atoms with Crippen LogP contribution in [0.25, 0.3) is 0 Å². The molecule has 7 heteroatoms. The summed E-state index contributed by atoms with van der Waals surface area (Å²) in [4.78, 5) is 28.9. The fourth-order valence-corrected chi connectivity index (χ4v) is 1.89. The maximum atomic E-state index is 11.2. The molecule has 0 spiro atoms. The Morgan fingerprint density at radius 3 is 2.46 bits per heavy atom. The Bertz CT molecular complexity index is 681. The van der Waals surface area contributed by atoms with Crippen LogP contribution in [-0.4, -0.2) is 30.6 Å². The molecule has 1 aliphatic rings. The van der Waals surface area contributed by atoms with Gasteiger partial charge in [0.15, 0.2) is 19.2 Å². The largest absolute Gasteiger partial charge is 0.489 e. The van der Waals surface area contributed by atoms with E-state index in [4.69, 9.17) is 19.1 Å². The van der Waals surface area contributed by atoms with Crippen LogP contribution in [0.2, 0.25) is 0 Å². The lowest BCUT2D eigenvalue weighted by Crippen LogP contribution is -2.25. The second-order valence-corrected chi connectivity index (χ2v) is 4.54. The minimum absolute atomic E-state index is 0. The molecular formula is C17H17NO6. The average molecular weight is 331 g/mol. The van der Waals surface area contributed by atoms with E-state index in [0.717, 1.165) is 5.56 Å². The van der Waals surface area contributed by atoms with Gasteiger partial charge in [0.1, 0.15) is 18.1 Å². The number of ether oxygens (including phenoxy) is 2. The predicted molar refractivity (Wildman–Crippen MR) is 87.1 cm³/mol. The summed E-state index contributed by atoms with van der Waals surface area (Å²) in [5.41, 5.74) is 1.75. The molecule has 2 aromatic carbocycles. The lowest BCUT2D eigenvalue weighted by atomic mass is 10.2. The summed E-state index contributed by atoms with van der Waals surface area (Å²) in [6, 6.07) is 15.3. The molecule has 1 aliphatic heterocycles. The number of anilines is 1. The van der Waals surface area contributed by atoms with Crippen molar-refractivity contribution in [3.05, 3.63) is 54.1 Å². The standard InChI is InChI=1S/C15H13NO3.C2H2O2.H2O/c17-15-10-19-14-7-6-12(8-13(14)16-15)18-9-11-4-2-1-3-5-11;3-1-2-4;/h1-8H,9-10H2,(H,16,17);1-2H;1H2. The van der Waals surface area contributed by atoms with Gasteiger partial charge in [0, 0.05) is 6.07 Å². The van der Waals surface area contributed by atoms with E-state index in [1.807, 2.05) is 36.4 Å². The second-order valence-electron chi connectivity index (χ2n) is 4.54. The normalized spacial score (nSPS) is 11.2. The van der Waals surface area contributed by atoms with Gasteiger partial charge >= 0.3 is 0 Å². The molecule has 0 aromatic heterocycles. The van der Waals surface area contributed by atoms with Gasteiger partial charge in [-0.2, -0.15) is 0 Å². The smallest absolute Gasteiger partial charge is 0.262 e. The number of benzene rings is 2. The molecule has 0 fully saturated rings. The maximum absolute atomic E-state index is 11.2. The van der Waals surface area contributed by atoms with Crippen molar-refractivity contribution in [1.29, 1.82) is 0 Å². The summed E-state index contributed by atoms with van der Waals surface area (Å²) in [5, 5.41) is 2.75. The number of fused-ring (bicyclic) bond motifs is 1. The summed E-state index contributed by atoms with van der Waals surface area (Å²) in [6.07, 6.45) is 0.389. The topological polar surface area (TPSA) is 113 Å². The maximum Gasteiger partial charge on any atom is 0.262 e. The highest BCUT2D eigenvalue weighted by molar-refractivity contribution is 6.09. The van der Waals surface area contributed by atoms with Crippen LogP contribution in [0.3, 0.4) is 0 Å². The Morgan fingerprint density at radius 1 is 1.08 bits per heavy atom. The summed E-state index contributed by atoms with van der Waals surface area (Å²) < 4.78 is 11.0. The molecule has 1 amide bonds. The first-order chi connectivity index (χ1) is 11.2. The van der Waals surface area contributed by atoms with Gasteiger partial charge in [-0.05, 0) is 17.7 Å². The van der Waals surface area contributed by atoms with E-state index < -0.39 is 0 Å². The number of hydrogen-bond donors (Lipinski definition) is 1. The van der Waals surface area contributed by atoms with Crippen LogP contribution in [0, 0.1) is 0 Å². The Hall–Kier alpha value is -3.19. The Kier molecular flexibility index (Phi) is 7.66. The number of carbonyl (C=O) groups excluding carboxylic acids is 3. The fraction of sp³-hybridized carbons (Fsp3) is 0.118.